The molecular formula is C17H21F3N4O7. The van der Waals surface area contributed by atoms with Gasteiger partial charge in [-0.1, -0.05) is 0 Å². The van der Waals surface area contributed by atoms with Crippen LogP contribution in [0.15, 0.2) is 17.1 Å². The molecule has 0 aliphatic carbocycles. The quantitative estimate of drug-likeness (QED) is 0.588. The summed E-state index contributed by atoms with van der Waals surface area (Å²) in [5, 5.41) is 12.2. The largest absolute Gasteiger partial charge is 0.493 e. The molecule has 0 spiro atoms. The molecule has 2 saturated heterocycles. The first-order chi connectivity index (χ1) is 14.7. The second-order valence-electron chi connectivity index (χ2n) is 6.97. The Bertz CT molecular complexity index is 857. The number of hydroxylamine groups is 1. The van der Waals surface area contributed by atoms with Crippen LogP contribution in [-0.4, -0.2) is 65.3 Å². The minimum absolute atomic E-state index is 0.0758. The first-order valence-electron chi connectivity index (χ1n) is 9.49. The molecule has 2 fully saturated rings. The standard InChI is InChI=1S/C17H21F3N4O7/c18-17(19,20)15(27)31-24(12(26)7-10-1-4-21-5-2-10)11-3-6-23(16(28)22-11)13-9-29-14(8-25)30-13/h3,6,10,13-14,21,25H,1-2,4-5,7-9H2. The van der Waals surface area contributed by atoms with E-state index in [1.807, 2.05) is 0 Å². The number of aromatic nitrogens is 2. The van der Waals surface area contributed by atoms with Gasteiger partial charge < -0.3 is 24.7 Å². The van der Waals surface area contributed by atoms with E-state index in [0.29, 0.717) is 25.9 Å². The molecule has 172 valence electrons. The Hall–Kier alpha value is -2.55. The van der Waals surface area contributed by atoms with E-state index in [1.165, 1.54) is 0 Å². The van der Waals surface area contributed by atoms with Gasteiger partial charge in [-0.25, -0.2) is 9.59 Å². The summed E-state index contributed by atoms with van der Waals surface area (Å²) in [6, 6.07) is 1.04. The van der Waals surface area contributed by atoms with Crippen molar-refractivity contribution in [2.75, 3.05) is 31.4 Å². The molecule has 2 N–H and O–H groups in total. The number of ether oxygens (including phenoxy) is 2. The van der Waals surface area contributed by atoms with E-state index in [9.17, 15) is 27.6 Å². The van der Waals surface area contributed by atoms with E-state index in [-0.39, 0.29) is 24.0 Å². The van der Waals surface area contributed by atoms with E-state index < -0.39 is 48.7 Å². The van der Waals surface area contributed by atoms with Gasteiger partial charge in [0.15, 0.2) is 18.3 Å². The Balaban J connectivity index is 1.82. The van der Waals surface area contributed by atoms with Crippen molar-refractivity contribution in [1.82, 2.24) is 14.9 Å². The minimum atomic E-state index is -5.35. The molecule has 3 heterocycles. The number of aliphatic hydroxyl groups is 1. The number of carbonyl (C=O) groups is 2. The van der Waals surface area contributed by atoms with Crippen molar-refractivity contribution in [3.05, 3.63) is 22.7 Å². The van der Waals surface area contributed by atoms with Gasteiger partial charge in [0.25, 0.3) is 5.91 Å². The van der Waals surface area contributed by atoms with Gasteiger partial charge in [0.1, 0.15) is 0 Å². The molecular weight excluding hydrogens is 429 g/mol. The maximum absolute atomic E-state index is 12.7. The van der Waals surface area contributed by atoms with E-state index in [0.717, 1.165) is 16.8 Å². The normalized spacial score (nSPS) is 22.3. The van der Waals surface area contributed by atoms with Crippen LogP contribution in [0, 0.1) is 5.92 Å². The van der Waals surface area contributed by atoms with E-state index >= 15 is 0 Å². The Morgan fingerprint density at radius 1 is 1.35 bits per heavy atom. The summed E-state index contributed by atoms with van der Waals surface area (Å²) in [6.45, 7) is 0.774. The second kappa shape index (κ2) is 9.72. The monoisotopic (exact) mass is 450 g/mol. The highest BCUT2D eigenvalue weighted by Crippen LogP contribution is 2.24. The van der Waals surface area contributed by atoms with Gasteiger partial charge in [0, 0.05) is 18.7 Å². The Morgan fingerprint density at radius 2 is 2.06 bits per heavy atom. The fraction of sp³-hybridized carbons (Fsp3) is 0.647. The van der Waals surface area contributed by atoms with Gasteiger partial charge in [-0.3, -0.25) is 9.36 Å². The first kappa shape index (κ1) is 23.1. The third-order valence-corrected chi connectivity index (χ3v) is 4.77. The zero-order valence-corrected chi connectivity index (χ0v) is 16.2. The molecule has 3 rings (SSSR count). The minimum Gasteiger partial charge on any atom is -0.391 e. The number of halogens is 3. The van der Waals surface area contributed by atoms with Gasteiger partial charge in [0.05, 0.1) is 13.2 Å². The molecule has 0 bridgehead atoms. The van der Waals surface area contributed by atoms with Gasteiger partial charge in [-0.05, 0) is 31.8 Å². The lowest BCUT2D eigenvalue weighted by molar-refractivity contribution is -0.201. The number of amides is 1. The first-order valence-corrected chi connectivity index (χ1v) is 9.49. The van der Waals surface area contributed by atoms with Crippen LogP contribution in [0.4, 0.5) is 19.0 Å². The number of alkyl halides is 3. The summed E-state index contributed by atoms with van der Waals surface area (Å²) in [5.74, 6) is -4.25. The number of nitrogens with zero attached hydrogens (tertiary/aromatic N) is 3. The average molecular weight is 450 g/mol. The number of hydrogen-bond acceptors (Lipinski definition) is 9. The third-order valence-electron chi connectivity index (χ3n) is 4.77. The SMILES string of the molecule is O=C(CC1CCNCC1)N(OC(=O)C(F)(F)F)c1ccn(C2COC(CO)O2)c(=O)n1. The zero-order valence-electron chi connectivity index (χ0n) is 16.2. The fourth-order valence-corrected chi connectivity index (χ4v) is 3.20. The van der Waals surface area contributed by atoms with Crippen molar-refractivity contribution >= 4 is 17.7 Å². The average Bonchev–Trinajstić information content (AvgIpc) is 3.20. The van der Waals surface area contributed by atoms with Crippen LogP contribution in [0.25, 0.3) is 0 Å². The van der Waals surface area contributed by atoms with Crippen LogP contribution in [0.2, 0.25) is 0 Å². The summed E-state index contributed by atoms with van der Waals surface area (Å²) in [7, 11) is 0. The molecule has 1 aromatic heterocycles. The summed E-state index contributed by atoms with van der Waals surface area (Å²) in [6.07, 6.45) is -5.05. The lowest BCUT2D eigenvalue weighted by Crippen LogP contribution is -2.42. The molecule has 2 unspecified atom stereocenters. The maximum atomic E-state index is 12.7. The fourth-order valence-electron chi connectivity index (χ4n) is 3.20. The molecule has 14 heteroatoms. The molecule has 2 aliphatic rings. The topological polar surface area (TPSA) is 132 Å². The number of hydrogen-bond donors (Lipinski definition) is 2. The van der Waals surface area contributed by atoms with Gasteiger partial charge in [-0.15, -0.1) is 5.06 Å². The van der Waals surface area contributed by atoms with Crippen LogP contribution >= 0.6 is 0 Å². The second-order valence-corrected chi connectivity index (χ2v) is 6.97. The van der Waals surface area contributed by atoms with Crippen LogP contribution in [0.5, 0.6) is 0 Å². The molecule has 0 radical (unpaired) electrons. The zero-order chi connectivity index (χ0) is 22.6. The van der Waals surface area contributed by atoms with Crippen LogP contribution in [0.3, 0.4) is 0 Å². The summed E-state index contributed by atoms with van der Waals surface area (Å²) >= 11 is 0. The smallest absolute Gasteiger partial charge is 0.391 e. The van der Waals surface area contributed by atoms with Crippen molar-refractivity contribution in [3.8, 4) is 0 Å². The molecule has 31 heavy (non-hydrogen) atoms. The van der Waals surface area contributed by atoms with Gasteiger partial charge in [0.2, 0.25) is 0 Å². The van der Waals surface area contributed by atoms with Crippen LogP contribution in [-0.2, 0) is 23.9 Å². The van der Waals surface area contributed by atoms with Crippen molar-refractivity contribution in [2.24, 2.45) is 5.92 Å². The molecule has 0 saturated carbocycles. The molecule has 1 amide bonds. The summed E-state index contributed by atoms with van der Waals surface area (Å²) < 4.78 is 49.5. The summed E-state index contributed by atoms with van der Waals surface area (Å²) in [5.41, 5.74) is -0.979. The predicted octanol–water partition coefficient (Wildman–Crippen LogP) is -0.150. The summed E-state index contributed by atoms with van der Waals surface area (Å²) in [4.78, 5) is 44.2. The van der Waals surface area contributed by atoms with Crippen LogP contribution in [0.1, 0.15) is 25.5 Å². The number of carbonyl (C=O) groups excluding carboxylic acids is 2. The highest BCUT2D eigenvalue weighted by atomic mass is 19.4. The Labute approximate surface area is 173 Å². The van der Waals surface area contributed by atoms with Crippen molar-refractivity contribution < 1.29 is 42.2 Å². The van der Waals surface area contributed by atoms with E-state index in [4.69, 9.17) is 14.6 Å². The highest BCUT2D eigenvalue weighted by molar-refractivity contribution is 5.93. The number of anilines is 1. The molecule has 1 aromatic rings. The maximum Gasteiger partial charge on any atom is 0.493 e. The van der Waals surface area contributed by atoms with Crippen molar-refractivity contribution in [3.63, 3.8) is 0 Å². The Morgan fingerprint density at radius 3 is 2.65 bits per heavy atom. The third kappa shape index (κ3) is 5.78. The number of piperidine rings is 1. The van der Waals surface area contributed by atoms with E-state index in [1.54, 1.807) is 0 Å². The molecule has 2 atom stereocenters. The van der Waals surface area contributed by atoms with Gasteiger partial charge in [-0.2, -0.15) is 18.2 Å². The highest BCUT2D eigenvalue weighted by Gasteiger charge is 2.44. The lowest BCUT2D eigenvalue weighted by atomic mass is 9.94. The number of nitrogens with one attached hydrogen (secondary N) is 1. The predicted molar refractivity (Wildman–Crippen MR) is 95.3 cm³/mol. The number of rotatable bonds is 5. The molecule has 0 aromatic carbocycles. The van der Waals surface area contributed by atoms with Crippen molar-refractivity contribution in [1.29, 1.82) is 0 Å². The van der Waals surface area contributed by atoms with E-state index in [2.05, 4.69) is 15.1 Å². The lowest BCUT2D eigenvalue weighted by Gasteiger charge is -2.25. The molecule has 2 aliphatic heterocycles. The van der Waals surface area contributed by atoms with Crippen molar-refractivity contribution in [2.45, 2.75) is 38.0 Å². The number of aliphatic hydroxyl groups excluding tert-OH is 1. The molecule has 11 nitrogen and oxygen atoms in total. The van der Waals surface area contributed by atoms with Gasteiger partial charge >= 0.3 is 17.8 Å². The van der Waals surface area contributed by atoms with Crippen LogP contribution < -0.4 is 16.1 Å². The Kier molecular flexibility index (Phi) is 7.25.